The number of hydrogen-bond donors (Lipinski definition) is 1. The first kappa shape index (κ1) is 22.5. The van der Waals surface area contributed by atoms with E-state index in [9.17, 15) is 23.3 Å². The highest BCUT2D eigenvalue weighted by molar-refractivity contribution is 7.92. The Hall–Kier alpha value is -2.70. The Bertz CT molecular complexity index is 1200. The third-order valence-corrected chi connectivity index (χ3v) is 9.02. The first-order chi connectivity index (χ1) is 15.1. The van der Waals surface area contributed by atoms with Gasteiger partial charge in [0, 0.05) is 24.2 Å². The maximum absolute atomic E-state index is 13.5. The molecule has 1 unspecified atom stereocenters. The molecule has 10 heteroatoms. The second-order valence-corrected chi connectivity index (χ2v) is 11.2. The van der Waals surface area contributed by atoms with Gasteiger partial charge in [-0.05, 0) is 63.3 Å². The summed E-state index contributed by atoms with van der Waals surface area (Å²) in [6.45, 7) is 1.41. The van der Waals surface area contributed by atoms with Crippen LogP contribution in [0.15, 0.2) is 41.6 Å². The fraction of sp³-hybridized carbons (Fsp3) is 0.455. The predicted octanol–water partition coefficient (Wildman–Crippen LogP) is 2.85. The van der Waals surface area contributed by atoms with E-state index in [0.717, 1.165) is 0 Å². The zero-order valence-corrected chi connectivity index (χ0v) is 19.1. The van der Waals surface area contributed by atoms with Gasteiger partial charge in [-0.25, -0.2) is 13.1 Å². The van der Waals surface area contributed by atoms with E-state index in [1.807, 2.05) is 0 Å². The number of carbonyl (C=O) groups is 2. The normalized spacial score (nSPS) is 24.3. The minimum absolute atomic E-state index is 0.0286. The van der Waals surface area contributed by atoms with Crippen LogP contribution in [0, 0.1) is 23.2 Å². The molecule has 8 nitrogen and oxygen atoms in total. The molecule has 0 radical (unpaired) electrons. The summed E-state index contributed by atoms with van der Waals surface area (Å²) in [5.74, 6) is -1.72. The molecule has 1 N–H and O–H groups in total. The summed E-state index contributed by atoms with van der Waals surface area (Å²) < 4.78 is 28.6. The van der Waals surface area contributed by atoms with Gasteiger partial charge < -0.3 is 5.32 Å². The Kier molecular flexibility index (Phi) is 5.86. The number of nitrogens with zero attached hydrogens (tertiary/aromatic N) is 3. The van der Waals surface area contributed by atoms with Crippen LogP contribution in [0.3, 0.4) is 0 Å². The highest BCUT2D eigenvalue weighted by Crippen LogP contribution is 2.40. The van der Waals surface area contributed by atoms with Crippen molar-refractivity contribution in [2.75, 3.05) is 0 Å². The van der Waals surface area contributed by atoms with Crippen LogP contribution in [0.25, 0.3) is 5.69 Å². The number of amides is 1. The summed E-state index contributed by atoms with van der Waals surface area (Å²) in [7, 11) is -3.90. The lowest BCUT2D eigenvalue weighted by Crippen LogP contribution is -2.45. The van der Waals surface area contributed by atoms with E-state index >= 15 is 0 Å². The van der Waals surface area contributed by atoms with Crippen LogP contribution >= 0.6 is 11.6 Å². The topological polar surface area (TPSA) is 122 Å². The van der Waals surface area contributed by atoms with Gasteiger partial charge in [-0.2, -0.15) is 10.4 Å². The van der Waals surface area contributed by atoms with Gasteiger partial charge in [0.1, 0.15) is 11.3 Å². The lowest BCUT2D eigenvalue weighted by atomic mass is 9.79. The SMILES string of the molecule is CC(=O)C1C[C@H](C(=O)NC2(C#N)CC2)C[C@@H](S(=O)(=O)c2ccc(-n3cccn3)cc2Cl)C1. The molecule has 1 aromatic heterocycles. The van der Waals surface area contributed by atoms with Crippen LogP contribution in [0.2, 0.25) is 5.02 Å². The molecule has 32 heavy (non-hydrogen) atoms. The maximum Gasteiger partial charge on any atom is 0.224 e. The molecular formula is C22H23ClN4O4S. The third-order valence-electron chi connectivity index (χ3n) is 6.37. The Morgan fingerprint density at radius 3 is 2.53 bits per heavy atom. The van der Waals surface area contributed by atoms with Gasteiger partial charge in [0.2, 0.25) is 5.91 Å². The fourth-order valence-electron chi connectivity index (χ4n) is 4.26. The van der Waals surface area contributed by atoms with E-state index in [-0.39, 0.29) is 40.9 Å². The lowest BCUT2D eigenvalue weighted by molar-refractivity contribution is -0.128. The summed E-state index contributed by atoms with van der Waals surface area (Å²) in [5.41, 5.74) is -0.229. The van der Waals surface area contributed by atoms with Crippen molar-refractivity contribution in [2.45, 2.75) is 54.7 Å². The molecule has 2 aliphatic rings. The van der Waals surface area contributed by atoms with Gasteiger partial charge in [0.25, 0.3) is 0 Å². The highest BCUT2D eigenvalue weighted by Gasteiger charge is 2.48. The molecule has 2 aliphatic carbocycles. The van der Waals surface area contributed by atoms with Gasteiger partial charge in [-0.15, -0.1) is 0 Å². The quantitative estimate of drug-likeness (QED) is 0.686. The zero-order chi connectivity index (χ0) is 23.1. The average Bonchev–Trinajstić information content (AvgIpc) is 3.31. The molecule has 2 aromatic rings. The minimum Gasteiger partial charge on any atom is -0.338 e. The van der Waals surface area contributed by atoms with Crippen LogP contribution in [0.1, 0.15) is 39.0 Å². The molecule has 0 spiro atoms. The second kappa shape index (κ2) is 8.34. The van der Waals surface area contributed by atoms with Crippen molar-refractivity contribution in [3.8, 4) is 11.8 Å². The summed E-state index contributed by atoms with van der Waals surface area (Å²) >= 11 is 6.36. The first-order valence-corrected chi connectivity index (χ1v) is 12.3. The molecule has 1 heterocycles. The standard InChI is InChI=1S/C22H23ClN4O4S/c1-14(28)15-9-16(21(29)26-22(13-24)5-6-22)11-18(10-15)32(30,31)20-4-3-17(12-19(20)23)27-8-2-7-25-27/h2-4,7-8,12,15-16,18H,5-6,9-11H2,1H3,(H,26,29)/t15?,16-,18-/m0/s1. The molecular weight excluding hydrogens is 452 g/mol. The van der Waals surface area contributed by atoms with Crippen molar-refractivity contribution < 1.29 is 18.0 Å². The highest BCUT2D eigenvalue weighted by atomic mass is 35.5. The minimum atomic E-state index is -3.90. The molecule has 0 bridgehead atoms. The predicted molar refractivity (Wildman–Crippen MR) is 117 cm³/mol. The van der Waals surface area contributed by atoms with Gasteiger partial charge in [-0.3, -0.25) is 9.59 Å². The first-order valence-electron chi connectivity index (χ1n) is 10.4. The summed E-state index contributed by atoms with van der Waals surface area (Å²) in [5, 5.41) is 15.3. The Balaban J connectivity index is 1.60. The van der Waals surface area contributed by atoms with E-state index < -0.39 is 32.5 Å². The Morgan fingerprint density at radius 1 is 1.25 bits per heavy atom. The van der Waals surface area contributed by atoms with Gasteiger partial charge in [-0.1, -0.05) is 11.6 Å². The number of sulfone groups is 1. The average molecular weight is 475 g/mol. The number of nitriles is 1. The Morgan fingerprint density at radius 2 is 1.97 bits per heavy atom. The van der Waals surface area contributed by atoms with Crippen LogP contribution in [0.5, 0.6) is 0 Å². The van der Waals surface area contributed by atoms with Crippen molar-refractivity contribution in [2.24, 2.45) is 11.8 Å². The molecule has 1 aromatic carbocycles. The smallest absolute Gasteiger partial charge is 0.224 e. The number of ketones is 1. The fourth-order valence-corrected chi connectivity index (χ4v) is 6.67. The number of Topliss-reactive ketones (excluding diaryl/α,β-unsaturated/α-hetero) is 1. The molecule has 3 atom stereocenters. The van der Waals surface area contributed by atoms with Gasteiger partial charge >= 0.3 is 0 Å². The van der Waals surface area contributed by atoms with Crippen molar-refractivity contribution in [3.05, 3.63) is 41.7 Å². The van der Waals surface area contributed by atoms with E-state index in [0.29, 0.717) is 18.5 Å². The van der Waals surface area contributed by atoms with Crippen molar-refractivity contribution in [1.29, 1.82) is 5.26 Å². The molecule has 4 rings (SSSR count). The largest absolute Gasteiger partial charge is 0.338 e. The molecule has 1 amide bonds. The summed E-state index contributed by atoms with van der Waals surface area (Å²) in [6, 6.07) is 8.43. The zero-order valence-electron chi connectivity index (χ0n) is 17.5. The maximum atomic E-state index is 13.5. The van der Waals surface area contributed by atoms with Crippen LogP contribution in [-0.4, -0.2) is 40.7 Å². The van der Waals surface area contributed by atoms with E-state index in [2.05, 4.69) is 16.5 Å². The molecule has 168 valence electrons. The second-order valence-electron chi connectivity index (χ2n) is 8.63. The lowest BCUT2D eigenvalue weighted by Gasteiger charge is -2.33. The molecule has 2 saturated carbocycles. The summed E-state index contributed by atoms with van der Waals surface area (Å²) in [6.07, 6.45) is 4.98. The van der Waals surface area contributed by atoms with Crippen molar-refractivity contribution in [3.63, 3.8) is 0 Å². The van der Waals surface area contributed by atoms with E-state index in [1.165, 1.54) is 19.1 Å². The van der Waals surface area contributed by atoms with Gasteiger partial charge in [0.15, 0.2) is 9.84 Å². The number of rotatable bonds is 6. The van der Waals surface area contributed by atoms with Crippen LogP contribution < -0.4 is 5.32 Å². The number of halogens is 1. The van der Waals surface area contributed by atoms with Crippen molar-refractivity contribution >= 4 is 33.1 Å². The number of aromatic nitrogens is 2. The van der Waals surface area contributed by atoms with E-state index in [4.69, 9.17) is 11.6 Å². The monoisotopic (exact) mass is 474 g/mol. The number of nitrogens with one attached hydrogen (secondary N) is 1. The third kappa shape index (κ3) is 4.30. The van der Waals surface area contributed by atoms with Crippen molar-refractivity contribution in [1.82, 2.24) is 15.1 Å². The number of benzene rings is 1. The molecule has 2 fully saturated rings. The summed E-state index contributed by atoms with van der Waals surface area (Å²) in [4.78, 5) is 25.0. The van der Waals surface area contributed by atoms with Crippen LogP contribution in [-0.2, 0) is 19.4 Å². The molecule has 0 aliphatic heterocycles. The van der Waals surface area contributed by atoms with E-state index in [1.54, 1.807) is 29.2 Å². The number of carbonyl (C=O) groups excluding carboxylic acids is 2. The Labute approximate surface area is 191 Å². The van der Waals surface area contributed by atoms with Gasteiger partial charge in [0.05, 0.1) is 26.9 Å². The molecule has 0 saturated heterocycles. The van der Waals surface area contributed by atoms with Crippen LogP contribution in [0.4, 0.5) is 0 Å². The number of hydrogen-bond acceptors (Lipinski definition) is 6.